The summed E-state index contributed by atoms with van der Waals surface area (Å²) in [7, 11) is 0. The topological polar surface area (TPSA) is 80.9 Å². The summed E-state index contributed by atoms with van der Waals surface area (Å²) in [5, 5.41) is 2.66. The number of amides is 1. The van der Waals surface area contributed by atoms with E-state index in [1.165, 1.54) is 6.20 Å². The molecule has 8 heteroatoms. The maximum atomic E-state index is 13.0. The van der Waals surface area contributed by atoms with E-state index in [0.717, 1.165) is 18.2 Å². The molecule has 2 rings (SSSR count). The zero-order valence-electron chi connectivity index (χ0n) is 10.0. The van der Waals surface area contributed by atoms with Crippen LogP contribution < -0.4 is 11.1 Å². The summed E-state index contributed by atoms with van der Waals surface area (Å²) in [6.07, 6.45) is 1.17. The smallest absolute Gasteiger partial charge is 0.254 e. The van der Waals surface area contributed by atoms with E-state index in [2.05, 4.69) is 15.3 Å². The fraction of sp³-hybridized carbons (Fsp3) is 0.0833. The molecule has 20 heavy (non-hydrogen) atoms. The summed E-state index contributed by atoms with van der Waals surface area (Å²) in [4.78, 5) is 18.6. The third kappa shape index (κ3) is 3.39. The van der Waals surface area contributed by atoms with Gasteiger partial charge in [-0.2, -0.15) is 4.98 Å². The Bertz CT molecular complexity index is 646. The quantitative estimate of drug-likeness (QED) is 0.847. The van der Waals surface area contributed by atoms with Crippen molar-refractivity contribution in [3.63, 3.8) is 0 Å². The van der Waals surface area contributed by atoms with Gasteiger partial charge in [-0.25, -0.2) is 13.8 Å². The lowest BCUT2D eigenvalue weighted by atomic mass is 10.2. The van der Waals surface area contributed by atoms with Gasteiger partial charge in [-0.15, -0.1) is 0 Å². The standard InChI is InChI=1S/C12H9ClF2N4O/c13-12-18-5-9(10(16)20)11(19-12)17-4-6-1-7(14)3-8(15)2-6/h1-3,5H,4H2,(H2,16,20)(H,17,18,19). The minimum atomic E-state index is -0.741. The average Bonchev–Trinajstić information content (AvgIpc) is 2.35. The first kappa shape index (κ1) is 14.1. The lowest BCUT2D eigenvalue weighted by Crippen LogP contribution is -2.16. The molecule has 0 aliphatic carbocycles. The second-order valence-corrected chi connectivity index (χ2v) is 4.23. The third-order valence-corrected chi connectivity index (χ3v) is 2.59. The van der Waals surface area contributed by atoms with Gasteiger partial charge in [0, 0.05) is 18.8 Å². The zero-order valence-corrected chi connectivity index (χ0v) is 10.8. The molecule has 0 spiro atoms. The van der Waals surface area contributed by atoms with E-state index < -0.39 is 17.5 Å². The first-order chi connectivity index (χ1) is 9.45. The Kier molecular flexibility index (Phi) is 4.09. The molecule has 3 N–H and O–H groups in total. The highest BCUT2D eigenvalue weighted by atomic mass is 35.5. The van der Waals surface area contributed by atoms with E-state index in [1.807, 2.05) is 0 Å². The summed E-state index contributed by atoms with van der Waals surface area (Å²) in [6.45, 7) is 0.0440. The van der Waals surface area contributed by atoms with Gasteiger partial charge >= 0.3 is 0 Å². The largest absolute Gasteiger partial charge is 0.365 e. The Morgan fingerprint density at radius 2 is 1.95 bits per heavy atom. The van der Waals surface area contributed by atoms with Gasteiger partial charge in [-0.05, 0) is 29.3 Å². The van der Waals surface area contributed by atoms with Gasteiger partial charge in [0.25, 0.3) is 5.91 Å². The molecular formula is C12H9ClF2N4O. The number of halogens is 3. The van der Waals surface area contributed by atoms with Crippen molar-refractivity contribution in [1.29, 1.82) is 0 Å². The van der Waals surface area contributed by atoms with Crippen LogP contribution in [0.25, 0.3) is 0 Å². The van der Waals surface area contributed by atoms with Crippen LogP contribution in [0.4, 0.5) is 14.6 Å². The van der Waals surface area contributed by atoms with Gasteiger partial charge in [-0.1, -0.05) is 0 Å². The molecular weight excluding hydrogens is 290 g/mol. The van der Waals surface area contributed by atoms with Crippen LogP contribution >= 0.6 is 11.6 Å². The summed E-state index contributed by atoms with van der Waals surface area (Å²) in [5.74, 6) is -2.04. The minimum Gasteiger partial charge on any atom is -0.365 e. The van der Waals surface area contributed by atoms with Crippen molar-refractivity contribution in [2.75, 3.05) is 5.32 Å². The second kappa shape index (κ2) is 5.79. The number of benzene rings is 1. The van der Waals surface area contributed by atoms with Crippen molar-refractivity contribution in [1.82, 2.24) is 9.97 Å². The van der Waals surface area contributed by atoms with E-state index in [9.17, 15) is 13.6 Å². The minimum absolute atomic E-state index is 0.0336. The number of nitrogens with zero attached hydrogens (tertiary/aromatic N) is 2. The predicted molar refractivity (Wildman–Crippen MR) is 69.2 cm³/mol. The van der Waals surface area contributed by atoms with Gasteiger partial charge in [0.15, 0.2) is 0 Å². The van der Waals surface area contributed by atoms with Crippen molar-refractivity contribution in [3.05, 3.63) is 52.4 Å². The average molecular weight is 299 g/mol. The molecule has 0 aliphatic rings. The van der Waals surface area contributed by atoms with Gasteiger partial charge in [-0.3, -0.25) is 4.79 Å². The first-order valence-corrected chi connectivity index (χ1v) is 5.84. The molecule has 0 saturated heterocycles. The van der Waals surface area contributed by atoms with Crippen LogP contribution in [-0.4, -0.2) is 15.9 Å². The van der Waals surface area contributed by atoms with Crippen LogP contribution in [0, 0.1) is 11.6 Å². The van der Waals surface area contributed by atoms with Crippen molar-refractivity contribution in [2.24, 2.45) is 5.73 Å². The van der Waals surface area contributed by atoms with Crippen LogP contribution in [0.3, 0.4) is 0 Å². The molecule has 0 aliphatic heterocycles. The van der Waals surface area contributed by atoms with Gasteiger partial charge < -0.3 is 11.1 Å². The van der Waals surface area contributed by atoms with E-state index in [1.54, 1.807) is 0 Å². The maximum Gasteiger partial charge on any atom is 0.254 e. The number of nitrogens with two attached hydrogens (primary N) is 1. The van der Waals surface area contributed by atoms with Gasteiger partial charge in [0.05, 0.1) is 5.56 Å². The van der Waals surface area contributed by atoms with Gasteiger partial charge in [0.2, 0.25) is 5.28 Å². The molecule has 5 nitrogen and oxygen atoms in total. The van der Waals surface area contributed by atoms with Crippen molar-refractivity contribution in [3.8, 4) is 0 Å². The van der Waals surface area contributed by atoms with E-state index in [-0.39, 0.29) is 23.2 Å². The Labute approximate surface area is 117 Å². The van der Waals surface area contributed by atoms with Crippen LogP contribution in [0.2, 0.25) is 5.28 Å². The SMILES string of the molecule is NC(=O)c1cnc(Cl)nc1NCc1cc(F)cc(F)c1. The van der Waals surface area contributed by atoms with Gasteiger partial charge in [0.1, 0.15) is 17.5 Å². The third-order valence-electron chi connectivity index (χ3n) is 2.41. The normalized spacial score (nSPS) is 10.3. The number of aromatic nitrogens is 2. The van der Waals surface area contributed by atoms with E-state index in [4.69, 9.17) is 17.3 Å². The predicted octanol–water partition coefficient (Wildman–Crippen LogP) is 2.12. The van der Waals surface area contributed by atoms with E-state index >= 15 is 0 Å². The molecule has 1 heterocycles. The van der Waals surface area contributed by atoms with Crippen LogP contribution in [0.5, 0.6) is 0 Å². The van der Waals surface area contributed by atoms with Crippen molar-refractivity contribution in [2.45, 2.75) is 6.54 Å². The highest BCUT2D eigenvalue weighted by molar-refractivity contribution is 6.28. The highest BCUT2D eigenvalue weighted by Crippen LogP contribution is 2.15. The van der Waals surface area contributed by atoms with E-state index in [0.29, 0.717) is 5.56 Å². The summed E-state index contributed by atoms with van der Waals surface area (Å²) < 4.78 is 26.1. The van der Waals surface area contributed by atoms with Crippen molar-refractivity contribution >= 4 is 23.3 Å². The number of rotatable bonds is 4. The van der Waals surface area contributed by atoms with Crippen LogP contribution in [0.1, 0.15) is 15.9 Å². The second-order valence-electron chi connectivity index (χ2n) is 3.90. The Morgan fingerprint density at radius 1 is 1.30 bits per heavy atom. The monoisotopic (exact) mass is 298 g/mol. The molecule has 1 aromatic carbocycles. The molecule has 0 atom stereocenters. The Hall–Kier alpha value is -2.28. The lowest BCUT2D eigenvalue weighted by Gasteiger charge is -2.09. The van der Waals surface area contributed by atoms with Crippen molar-refractivity contribution < 1.29 is 13.6 Å². The molecule has 0 bridgehead atoms. The summed E-state index contributed by atoms with van der Waals surface area (Å²) in [5.41, 5.74) is 5.53. The number of anilines is 1. The number of hydrogen-bond acceptors (Lipinski definition) is 4. The summed E-state index contributed by atoms with van der Waals surface area (Å²) >= 11 is 5.62. The fourth-order valence-corrected chi connectivity index (χ4v) is 1.71. The Morgan fingerprint density at radius 3 is 2.55 bits per heavy atom. The highest BCUT2D eigenvalue weighted by Gasteiger charge is 2.11. The molecule has 104 valence electrons. The molecule has 2 aromatic rings. The Balaban J connectivity index is 2.22. The zero-order chi connectivity index (χ0) is 14.7. The number of hydrogen-bond donors (Lipinski definition) is 2. The molecule has 1 aromatic heterocycles. The molecule has 0 unspecified atom stereocenters. The first-order valence-electron chi connectivity index (χ1n) is 5.47. The fourth-order valence-electron chi connectivity index (χ4n) is 1.57. The molecule has 0 saturated carbocycles. The molecule has 1 amide bonds. The number of nitrogens with one attached hydrogen (secondary N) is 1. The molecule has 0 radical (unpaired) electrons. The number of carbonyl (C=O) groups is 1. The number of primary amides is 1. The van der Waals surface area contributed by atoms with Crippen LogP contribution in [0.15, 0.2) is 24.4 Å². The lowest BCUT2D eigenvalue weighted by molar-refractivity contribution is 0.100. The summed E-state index contributed by atoms with van der Waals surface area (Å²) in [6, 6.07) is 3.07. The number of carbonyl (C=O) groups excluding carboxylic acids is 1. The van der Waals surface area contributed by atoms with Crippen LogP contribution in [-0.2, 0) is 6.54 Å². The maximum absolute atomic E-state index is 13.0. The molecule has 0 fully saturated rings.